The summed E-state index contributed by atoms with van der Waals surface area (Å²) in [5.74, 6) is 6.67. The van der Waals surface area contributed by atoms with Gasteiger partial charge >= 0.3 is 0 Å². The van der Waals surface area contributed by atoms with Gasteiger partial charge in [-0.05, 0) is 18.2 Å². The number of nitrogens with one attached hydrogen (secondary N) is 1. The number of hydrogen-bond acceptors (Lipinski definition) is 7. The van der Waals surface area contributed by atoms with Crippen molar-refractivity contribution in [2.24, 2.45) is 5.84 Å². The molecule has 3 rings (SSSR count). The predicted molar refractivity (Wildman–Crippen MR) is 76.1 cm³/mol. The molecule has 20 heavy (non-hydrogen) atoms. The predicted octanol–water partition coefficient (Wildman–Crippen LogP) is 1.68. The molecule has 0 saturated carbocycles. The van der Waals surface area contributed by atoms with E-state index in [0.717, 1.165) is 10.9 Å². The van der Waals surface area contributed by atoms with E-state index in [2.05, 4.69) is 20.4 Å². The number of ether oxygens (including phenoxy) is 1. The van der Waals surface area contributed by atoms with Gasteiger partial charge in [-0.15, -0.1) is 0 Å². The Balaban J connectivity index is 1.94. The minimum Gasteiger partial charge on any atom is -0.439 e. The molecule has 0 unspecified atom stereocenters. The third kappa shape index (κ3) is 2.43. The lowest BCUT2D eigenvalue weighted by Crippen LogP contribution is -2.10. The number of hydrazine groups is 1. The number of rotatable bonds is 3. The summed E-state index contributed by atoms with van der Waals surface area (Å²) in [4.78, 5) is 12.1. The number of nitrogen functional groups attached to an aromatic ring is 2. The monoisotopic (exact) mass is 268 g/mol. The Kier molecular flexibility index (Phi) is 3.02. The lowest BCUT2D eigenvalue weighted by molar-refractivity contribution is 0.463. The molecule has 0 aliphatic carbocycles. The summed E-state index contributed by atoms with van der Waals surface area (Å²) >= 11 is 0. The Morgan fingerprint density at radius 3 is 2.85 bits per heavy atom. The van der Waals surface area contributed by atoms with E-state index >= 15 is 0 Å². The standard InChI is InChI=1S/C13H12N6O/c14-13-17-11(19-15)7-12(18-13)20-9-4-3-8-2-1-5-16-10(8)6-9/h1-7H,15H2,(H3,14,17,18,19). The van der Waals surface area contributed by atoms with E-state index in [4.69, 9.17) is 16.3 Å². The second-order valence-electron chi connectivity index (χ2n) is 4.05. The second kappa shape index (κ2) is 4.98. The normalized spacial score (nSPS) is 10.4. The second-order valence-corrected chi connectivity index (χ2v) is 4.05. The summed E-state index contributed by atoms with van der Waals surface area (Å²) in [6, 6.07) is 11.0. The molecule has 1 aromatic carbocycles. The number of anilines is 2. The van der Waals surface area contributed by atoms with E-state index < -0.39 is 0 Å². The zero-order valence-corrected chi connectivity index (χ0v) is 10.4. The highest BCUT2D eigenvalue weighted by Crippen LogP contribution is 2.24. The topological polar surface area (TPSA) is 112 Å². The zero-order chi connectivity index (χ0) is 13.9. The fourth-order valence-electron chi connectivity index (χ4n) is 1.80. The minimum absolute atomic E-state index is 0.0781. The van der Waals surface area contributed by atoms with Crippen LogP contribution in [0, 0.1) is 0 Å². The third-order valence-corrected chi connectivity index (χ3v) is 2.67. The Morgan fingerprint density at radius 1 is 1.10 bits per heavy atom. The number of benzene rings is 1. The molecule has 0 saturated heterocycles. The van der Waals surface area contributed by atoms with Crippen LogP contribution in [0.1, 0.15) is 0 Å². The number of pyridine rings is 1. The van der Waals surface area contributed by atoms with E-state index in [0.29, 0.717) is 17.4 Å². The Bertz CT molecular complexity index is 761. The average Bonchev–Trinajstić information content (AvgIpc) is 2.46. The van der Waals surface area contributed by atoms with Crippen molar-refractivity contribution in [3.05, 3.63) is 42.6 Å². The van der Waals surface area contributed by atoms with Crippen LogP contribution in [0.4, 0.5) is 11.8 Å². The van der Waals surface area contributed by atoms with Gasteiger partial charge in [-0.3, -0.25) is 4.98 Å². The molecule has 3 aromatic rings. The summed E-state index contributed by atoms with van der Waals surface area (Å²) in [7, 11) is 0. The van der Waals surface area contributed by atoms with Crippen molar-refractivity contribution in [2.75, 3.05) is 11.2 Å². The fourth-order valence-corrected chi connectivity index (χ4v) is 1.80. The van der Waals surface area contributed by atoms with Crippen molar-refractivity contribution >= 4 is 22.7 Å². The smallest absolute Gasteiger partial charge is 0.226 e. The zero-order valence-electron chi connectivity index (χ0n) is 10.4. The molecule has 0 spiro atoms. The summed E-state index contributed by atoms with van der Waals surface area (Å²) in [6.45, 7) is 0. The minimum atomic E-state index is 0.0781. The van der Waals surface area contributed by atoms with Crippen LogP contribution < -0.4 is 21.7 Å². The summed E-state index contributed by atoms with van der Waals surface area (Å²) in [6.07, 6.45) is 1.73. The molecule has 100 valence electrons. The molecule has 5 N–H and O–H groups in total. The van der Waals surface area contributed by atoms with Crippen molar-refractivity contribution in [3.8, 4) is 11.6 Å². The van der Waals surface area contributed by atoms with Crippen LogP contribution in [0.2, 0.25) is 0 Å². The highest BCUT2D eigenvalue weighted by molar-refractivity contribution is 5.79. The molecule has 0 atom stereocenters. The highest BCUT2D eigenvalue weighted by atomic mass is 16.5. The van der Waals surface area contributed by atoms with Crippen LogP contribution in [-0.2, 0) is 0 Å². The lowest BCUT2D eigenvalue weighted by Gasteiger charge is -2.07. The first kappa shape index (κ1) is 12.1. The molecule has 0 aliphatic heterocycles. The van der Waals surface area contributed by atoms with Crippen molar-refractivity contribution in [2.45, 2.75) is 0 Å². The Morgan fingerprint density at radius 2 is 2.00 bits per heavy atom. The largest absolute Gasteiger partial charge is 0.439 e. The maximum Gasteiger partial charge on any atom is 0.226 e. The van der Waals surface area contributed by atoms with Gasteiger partial charge in [-0.25, -0.2) is 5.84 Å². The molecule has 0 aliphatic rings. The van der Waals surface area contributed by atoms with Gasteiger partial charge in [0.05, 0.1) is 5.52 Å². The van der Waals surface area contributed by atoms with Gasteiger partial charge in [0, 0.05) is 23.7 Å². The number of nitrogens with two attached hydrogens (primary N) is 2. The quantitative estimate of drug-likeness (QED) is 0.489. The van der Waals surface area contributed by atoms with Crippen LogP contribution in [0.15, 0.2) is 42.6 Å². The number of nitrogens with zero attached hydrogens (tertiary/aromatic N) is 3. The van der Waals surface area contributed by atoms with Gasteiger partial charge in [0.1, 0.15) is 11.6 Å². The van der Waals surface area contributed by atoms with Crippen molar-refractivity contribution in [3.63, 3.8) is 0 Å². The molecule has 2 aromatic heterocycles. The van der Waals surface area contributed by atoms with Gasteiger partial charge in [0.2, 0.25) is 11.8 Å². The molecule has 0 fully saturated rings. The maximum absolute atomic E-state index is 5.64. The van der Waals surface area contributed by atoms with Gasteiger partial charge in [0.15, 0.2) is 0 Å². The van der Waals surface area contributed by atoms with Crippen LogP contribution in [0.25, 0.3) is 10.9 Å². The van der Waals surface area contributed by atoms with Crippen LogP contribution in [0.3, 0.4) is 0 Å². The molecule has 0 radical (unpaired) electrons. The van der Waals surface area contributed by atoms with Crippen molar-refractivity contribution < 1.29 is 4.74 Å². The molecular weight excluding hydrogens is 256 g/mol. The lowest BCUT2D eigenvalue weighted by atomic mass is 10.2. The van der Waals surface area contributed by atoms with E-state index in [9.17, 15) is 0 Å². The van der Waals surface area contributed by atoms with Crippen molar-refractivity contribution in [1.82, 2.24) is 15.0 Å². The van der Waals surface area contributed by atoms with E-state index in [1.54, 1.807) is 12.3 Å². The van der Waals surface area contributed by atoms with Gasteiger partial charge in [-0.1, -0.05) is 6.07 Å². The first-order chi connectivity index (χ1) is 9.74. The average molecular weight is 268 g/mol. The third-order valence-electron chi connectivity index (χ3n) is 2.67. The summed E-state index contributed by atoms with van der Waals surface area (Å²) < 4.78 is 5.64. The fraction of sp³-hybridized carbons (Fsp3) is 0. The van der Waals surface area contributed by atoms with Gasteiger partial charge in [0.25, 0.3) is 0 Å². The van der Waals surface area contributed by atoms with Crippen molar-refractivity contribution in [1.29, 1.82) is 0 Å². The molecule has 7 heteroatoms. The van der Waals surface area contributed by atoms with Crippen LogP contribution in [-0.4, -0.2) is 15.0 Å². The van der Waals surface area contributed by atoms with Crippen LogP contribution in [0.5, 0.6) is 11.6 Å². The number of hydrogen-bond donors (Lipinski definition) is 3. The molecule has 7 nitrogen and oxygen atoms in total. The number of fused-ring (bicyclic) bond motifs is 1. The van der Waals surface area contributed by atoms with Gasteiger partial charge < -0.3 is 15.9 Å². The van der Waals surface area contributed by atoms with Crippen LogP contribution >= 0.6 is 0 Å². The molecule has 0 bridgehead atoms. The first-order valence-electron chi connectivity index (χ1n) is 5.88. The van der Waals surface area contributed by atoms with E-state index in [-0.39, 0.29) is 5.95 Å². The summed E-state index contributed by atoms with van der Waals surface area (Å²) in [5, 5.41) is 1.03. The summed E-state index contributed by atoms with van der Waals surface area (Å²) in [5.41, 5.74) is 8.81. The molecule has 0 amide bonds. The SMILES string of the molecule is NNc1cc(Oc2ccc3cccnc3c2)nc(N)n1. The number of aromatic nitrogens is 3. The Labute approximate surface area is 114 Å². The maximum atomic E-state index is 5.64. The first-order valence-corrected chi connectivity index (χ1v) is 5.88. The van der Waals surface area contributed by atoms with E-state index in [1.165, 1.54) is 0 Å². The molecular formula is C13H12N6O. The van der Waals surface area contributed by atoms with Gasteiger partial charge in [-0.2, -0.15) is 9.97 Å². The molecule has 2 heterocycles. The Hall–Kier alpha value is -2.93. The highest BCUT2D eigenvalue weighted by Gasteiger charge is 2.05. The van der Waals surface area contributed by atoms with E-state index in [1.807, 2.05) is 30.3 Å².